The fraction of sp³-hybridized carbons (Fsp3) is 0.200. The van der Waals surface area contributed by atoms with Crippen LogP contribution in [0.2, 0.25) is 0 Å². The number of phenols is 3. The molecule has 1 aliphatic rings. The van der Waals surface area contributed by atoms with E-state index in [1.165, 1.54) is 54.6 Å². The summed E-state index contributed by atoms with van der Waals surface area (Å²) in [5.41, 5.74) is 0.441. The first-order valence-electron chi connectivity index (χ1n) is 12.7. The second-order valence-corrected chi connectivity index (χ2v) is 9.49. The van der Waals surface area contributed by atoms with E-state index in [0.29, 0.717) is 11.1 Å². The van der Waals surface area contributed by atoms with Gasteiger partial charge in [0, 0.05) is 29.8 Å². The van der Waals surface area contributed by atoms with Gasteiger partial charge in [0.15, 0.2) is 17.6 Å². The molecule has 1 fully saturated rings. The van der Waals surface area contributed by atoms with Gasteiger partial charge in [0.2, 0.25) is 6.29 Å². The van der Waals surface area contributed by atoms with E-state index >= 15 is 0 Å². The zero-order valence-corrected chi connectivity index (χ0v) is 21.7. The van der Waals surface area contributed by atoms with E-state index in [4.69, 9.17) is 18.6 Å². The third-order valence-electron chi connectivity index (χ3n) is 6.57. The Morgan fingerprint density at radius 1 is 0.905 bits per heavy atom. The minimum absolute atomic E-state index is 0.0184. The number of hydrogen-bond donors (Lipinski definition) is 6. The SMILES string of the molecule is O=C(C=Cc1ccc(O)cc1)O[C@@H]1[C@@H](O)[C@H](Oc2cc(O)c3c(=O)cc(-c4ccc(O)cc4)oc3c2)O[C@H](CO)[C@H]1O. The summed E-state index contributed by atoms with van der Waals surface area (Å²) in [6.45, 7) is -0.709. The molecule has 1 aromatic heterocycles. The Kier molecular flexibility index (Phi) is 8.13. The van der Waals surface area contributed by atoms with Gasteiger partial charge in [-0.25, -0.2) is 4.79 Å². The molecule has 5 rings (SSSR count). The van der Waals surface area contributed by atoms with Crippen molar-refractivity contribution < 1.29 is 54.1 Å². The normalized spacial score (nSPS) is 22.3. The zero-order valence-electron chi connectivity index (χ0n) is 21.7. The molecule has 0 saturated carbocycles. The molecule has 1 saturated heterocycles. The third-order valence-corrected chi connectivity index (χ3v) is 6.57. The van der Waals surface area contributed by atoms with E-state index in [0.717, 1.165) is 12.1 Å². The highest BCUT2D eigenvalue weighted by Crippen LogP contribution is 2.34. The van der Waals surface area contributed by atoms with Crippen molar-refractivity contribution in [3.05, 3.63) is 88.6 Å². The van der Waals surface area contributed by atoms with Crippen molar-refractivity contribution in [2.75, 3.05) is 6.61 Å². The maximum atomic E-state index is 12.7. The Balaban J connectivity index is 1.38. The Morgan fingerprint density at radius 2 is 1.57 bits per heavy atom. The summed E-state index contributed by atoms with van der Waals surface area (Å²) >= 11 is 0. The number of esters is 1. The van der Waals surface area contributed by atoms with Crippen LogP contribution in [0.15, 0.2) is 82.0 Å². The van der Waals surface area contributed by atoms with Gasteiger partial charge in [-0.2, -0.15) is 0 Å². The number of carbonyl (C=O) groups is 1. The van der Waals surface area contributed by atoms with E-state index < -0.39 is 54.5 Å². The van der Waals surface area contributed by atoms with Crippen LogP contribution < -0.4 is 10.2 Å². The number of benzene rings is 3. The molecule has 0 aliphatic carbocycles. The molecular weight excluding hydrogens is 552 g/mol. The van der Waals surface area contributed by atoms with Crippen LogP contribution in [0.4, 0.5) is 0 Å². The Hall–Kier alpha value is -4.88. The van der Waals surface area contributed by atoms with Gasteiger partial charge in [0.25, 0.3) is 0 Å². The van der Waals surface area contributed by atoms with Crippen LogP contribution in [-0.4, -0.2) is 73.9 Å². The Morgan fingerprint density at radius 3 is 2.24 bits per heavy atom. The first-order valence-corrected chi connectivity index (χ1v) is 12.7. The highest BCUT2D eigenvalue weighted by atomic mass is 16.7. The van der Waals surface area contributed by atoms with E-state index in [1.807, 2.05) is 0 Å². The smallest absolute Gasteiger partial charge is 0.331 e. The third kappa shape index (κ3) is 6.06. The van der Waals surface area contributed by atoms with Crippen molar-refractivity contribution in [2.45, 2.75) is 30.7 Å². The largest absolute Gasteiger partial charge is 0.508 e. The molecule has 12 heteroatoms. The first-order chi connectivity index (χ1) is 20.1. The number of aromatic hydroxyl groups is 3. The standard InChI is InChI=1S/C30H26O12/c31-14-24-27(37)29(42-25(36)10-3-15-1-6-17(32)7-2-15)28(38)30(41-24)39-19-11-20(34)26-21(35)13-22(40-23(26)12-19)16-4-8-18(33)9-5-16/h1-13,24,27-34,37-38H,14H2/t24-,27-,28-,29+,30-/m1/s1. The summed E-state index contributed by atoms with van der Waals surface area (Å²) in [5.74, 6) is -1.31. The van der Waals surface area contributed by atoms with Crippen molar-refractivity contribution in [2.24, 2.45) is 0 Å². The average molecular weight is 579 g/mol. The van der Waals surface area contributed by atoms with Gasteiger partial charge < -0.3 is 49.3 Å². The van der Waals surface area contributed by atoms with Crippen LogP contribution in [0.25, 0.3) is 28.4 Å². The van der Waals surface area contributed by atoms with Crippen molar-refractivity contribution in [1.82, 2.24) is 0 Å². The molecule has 3 aromatic carbocycles. The summed E-state index contributed by atoms with van der Waals surface area (Å²) in [6.07, 6.45) is -5.39. The lowest BCUT2D eigenvalue weighted by molar-refractivity contribution is -0.280. The number of aliphatic hydroxyl groups is 3. The molecule has 0 spiro atoms. The molecule has 0 bridgehead atoms. The summed E-state index contributed by atoms with van der Waals surface area (Å²) < 4.78 is 22.3. The number of carbonyl (C=O) groups excluding carboxylic acids is 1. The molecule has 1 aliphatic heterocycles. The van der Waals surface area contributed by atoms with Gasteiger partial charge in [0.05, 0.1) is 6.61 Å². The molecule has 218 valence electrons. The zero-order chi connectivity index (χ0) is 30.0. The molecule has 5 atom stereocenters. The van der Waals surface area contributed by atoms with Crippen molar-refractivity contribution in [1.29, 1.82) is 0 Å². The number of aliphatic hydroxyl groups excluding tert-OH is 3. The van der Waals surface area contributed by atoms with E-state index in [-0.39, 0.29) is 34.0 Å². The maximum Gasteiger partial charge on any atom is 0.331 e. The van der Waals surface area contributed by atoms with Crippen LogP contribution in [-0.2, 0) is 14.3 Å². The van der Waals surface area contributed by atoms with Gasteiger partial charge in [-0.1, -0.05) is 12.1 Å². The van der Waals surface area contributed by atoms with Gasteiger partial charge >= 0.3 is 5.97 Å². The highest BCUT2D eigenvalue weighted by Gasteiger charge is 2.47. The monoisotopic (exact) mass is 578 g/mol. The van der Waals surface area contributed by atoms with Crippen LogP contribution in [0.1, 0.15) is 5.56 Å². The minimum atomic E-state index is -1.75. The summed E-state index contributed by atoms with van der Waals surface area (Å²) in [4.78, 5) is 25.2. The molecular formula is C30H26O12. The maximum absolute atomic E-state index is 12.7. The van der Waals surface area contributed by atoms with Gasteiger partial charge in [-0.05, 0) is 48.0 Å². The minimum Gasteiger partial charge on any atom is -0.508 e. The number of ether oxygens (including phenoxy) is 3. The number of hydrogen-bond acceptors (Lipinski definition) is 12. The van der Waals surface area contributed by atoms with E-state index in [2.05, 4.69) is 0 Å². The van der Waals surface area contributed by atoms with Gasteiger partial charge in [-0.3, -0.25) is 4.79 Å². The summed E-state index contributed by atoms with van der Waals surface area (Å²) in [6, 6.07) is 15.4. The lowest BCUT2D eigenvalue weighted by atomic mass is 9.99. The molecule has 6 N–H and O–H groups in total. The van der Waals surface area contributed by atoms with Crippen molar-refractivity contribution in [3.63, 3.8) is 0 Å². The van der Waals surface area contributed by atoms with Crippen LogP contribution in [0.5, 0.6) is 23.0 Å². The topological polar surface area (TPSA) is 196 Å². The Labute approximate surface area is 237 Å². The van der Waals surface area contributed by atoms with Gasteiger partial charge in [0.1, 0.15) is 51.9 Å². The molecule has 0 unspecified atom stereocenters. The molecule has 0 amide bonds. The number of rotatable bonds is 7. The summed E-state index contributed by atoms with van der Waals surface area (Å²) in [7, 11) is 0. The quantitative estimate of drug-likeness (QED) is 0.138. The molecule has 42 heavy (non-hydrogen) atoms. The molecule has 0 radical (unpaired) electrons. The highest BCUT2D eigenvalue weighted by molar-refractivity contribution is 5.87. The van der Waals surface area contributed by atoms with Gasteiger partial charge in [-0.15, -0.1) is 0 Å². The van der Waals surface area contributed by atoms with Crippen LogP contribution >= 0.6 is 0 Å². The molecule has 4 aromatic rings. The number of phenolic OH excluding ortho intramolecular Hbond substituents is 3. The lowest BCUT2D eigenvalue weighted by Crippen LogP contribution is -2.61. The first kappa shape index (κ1) is 28.6. The molecule has 2 heterocycles. The lowest BCUT2D eigenvalue weighted by Gasteiger charge is -2.41. The van der Waals surface area contributed by atoms with Crippen molar-refractivity contribution >= 4 is 23.0 Å². The fourth-order valence-electron chi connectivity index (χ4n) is 4.43. The van der Waals surface area contributed by atoms with Crippen molar-refractivity contribution in [3.8, 4) is 34.3 Å². The predicted molar refractivity (Wildman–Crippen MR) is 147 cm³/mol. The van der Waals surface area contributed by atoms with Crippen LogP contribution in [0.3, 0.4) is 0 Å². The fourth-order valence-corrected chi connectivity index (χ4v) is 4.43. The molecule has 12 nitrogen and oxygen atoms in total. The Bertz CT molecular complexity index is 1660. The second kappa shape index (κ2) is 11.9. The summed E-state index contributed by atoms with van der Waals surface area (Å²) in [5, 5.41) is 60.6. The van der Waals surface area contributed by atoms with E-state index in [1.54, 1.807) is 12.1 Å². The van der Waals surface area contributed by atoms with E-state index in [9.17, 15) is 40.2 Å². The second-order valence-electron chi connectivity index (χ2n) is 9.49. The predicted octanol–water partition coefficient (Wildman–Crippen LogP) is 2.02. The average Bonchev–Trinajstić information content (AvgIpc) is 2.96. The van der Waals surface area contributed by atoms with Crippen LogP contribution in [0, 0.1) is 0 Å². The number of fused-ring (bicyclic) bond motifs is 1.